The lowest BCUT2D eigenvalue weighted by molar-refractivity contribution is -0.138. The lowest BCUT2D eigenvalue weighted by atomic mass is 9.49. The van der Waals surface area contributed by atoms with E-state index in [1.807, 2.05) is 93.6 Å². The number of fused-ring (bicyclic) bond motifs is 4. The van der Waals surface area contributed by atoms with Crippen LogP contribution in [0, 0.1) is 44.4 Å². The highest BCUT2D eigenvalue weighted by Crippen LogP contribution is 2.64. The maximum absolute atomic E-state index is 15.3. The van der Waals surface area contributed by atoms with Gasteiger partial charge >= 0.3 is 0 Å². The zero-order valence-electron chi connectivity index (χ0n) is 27.9. The highest BCUT2D eigenvalue weighted by atomic mass is 35.5. The summed E-state index contributed by atoms with van der Waals surface area (Å²) in [6.07, 6.45) is 2.57. The Balaban J connectivity index is 1.33. The van der Waals surface area contributed by atoms with Crippen molar-refractivity contribution in [1.29, 1.82) is 0 Å². The van der Waals surface area contributed by atoms with Crippen LogP contribution in [0.15, 0.2) is 103 Å². The molecule has 2 saturated heterocycles. The van der Waals surface area contributed by atoms with E-state index in [1.54, 1.807) is 24.3 Å². The lowest BCUT2D eigenvalue weighted by Crippen LogP contribution is -2.53. The van der Waals surface area contributed by atoms with Gasteiger partial charge in [0.2, 0.25) is 11.8 Å². The molecule has 2 aliphatic heterocycles. The molecule has 0 radical (unpaired) electrons. The fourth-order valence-corrected chi connectivity index (χ4v) is 9.25. The minimum Gasteiger partial charge on any atom is -0.507 e. The van der Waals surface area contributed by atoms with Crippen LogP contribution in [0.25, 0.3) is 0 Å². The Morgan fingerprint density at radius 2 is 1.46 bits per heavy atom. The molecule has 4 aromatic carbocycles. The molecule has 252 valence electrons. The third-order valence-corrected chi connectivity index (χ3v) is 11.6. The molecule has 2 N–H and O–H groups in total. The van der Waals surface area contributed by atoms with Crippen molar-refractivity contribution >= 4 is 46.6 Å². The van der Waals surface area contributed by atoms with Gasteiger partial charge < -0.3 is 5.11 Å². The van der Waals surface area contributed by atoms with Gasteiger partial charge in [0.1, 0.15) is 5.75 Å². The topological polar surface area (TPSA) is 107 Å². The van der Waals surface area contributed by atoms with Crippen LogP contribution in [0.4, 0.5) is 11.4 Å². The summed E-state index contributed by atoms with van der Waals surface area (Å²) in [5.41, 5.74) is 7.47. The standard InChI is InChI=1S/C41H36ClN3O5/c1-22-9-13-28(14-10-22)43-45-38(48)33-21-32-30(17-18-31-34(32)39(49)44(37(31)47)29-15-11-27(42)12-16-29)35(25-19-23(2)36(46)24(3)20-25)41(33,40(45)50)26-7-5-4-6-8-26/h4-17,19-20,31-35,43,46H,18,21H2,1-3H3. The molecule has 2 heterocycles. The monoisotopic (exact) mass is 685 g/mol. The molecule has 4 amide bonds. The van der Waals surface area contributed by atoms with E-state index in [1.165, 1.54) is 4.90 Å². The number of aryl methyl sites for hydroxylation is 3. The van der Waals surface area contributed by atoms with Crippen LogP contribution in [-0.4, -0.2) is 33.7 Å². The molecule has 3 fully saturated rings. The summed E-state index contributed by atoms with van der Waals surface area (Å²) < 4.78 is 0. The fraction of sp³-hybridized carbons (Fsp3) is 0.268. The number of carbonyl (C=O) groups is 4. The average Bonchev–Trinajstić information content (AvgIpc) is 3.49. The number of hydrogen-bond donors (Lipinski definition) is 2. The number of halogens is 1. The third-order valence-electron chi connectivity index (χ3n) is 11.3. The van der Waals surface area contributed by atoms with E-state index >= 15 is 4.79 Å². The van der Waals surface area contributed by atoms with Gasteiger partial charge in [-0.15, -0.1) is 0 Å². The Morgan fingerprint density at radius 1 is 0.800 bits per heavy atom. The van der Waals surface area contributed by atoms with Gasteiger partial charge in [-0.2, -0.15) is 5.01 Å². The van der Waals surface area contributed by atoms with Crippen LogP contribution >= 0.6 is 11.6 Å². The molecule has 8 nitrogen and oxygen atoms in total. The normalized spacial score (nSPS) is 27.2. The molecule has 6 unspecified atom stereocenters. The number of phenolic OH excluding ortho intramolecular Hbond substituents is 1. The second-order valence-corrected chi connectivity index (χ2v) is 14.5. The number of aromatic hydroxyl groups is 1. The molecular formula is C41H36ClN3O5. The maximum atomic E-state index is 15.3. The number of imide groups is 2. The molecular weight excluding hydrogens is 650 g/mol. The van der Waals surface area contributed by atoms with Gasteiger partial charge in [-0.3, -0.25) is 29.5 Å². The van der Waals surface area contributed by atoms with Gasteiger partial charge in [0.15, 0.2) is 0 Å². The Kier molecular flexibility index (Phi) is 7.49. The molecule has 4 aromatic rings. The van der Waals surface area contributed by atoms with E-state index < -0.39 is 35.0 Å². The van der Waals surface area contributed by atoms with Crippen LogP contribution in [0.2, 0.25) is 5.02 Å². The number of nitrogens with zero attached hydrogens (tertiary/aromatic N) is 2. The van der Waals surface area contributed by atoms with Crippen LogP contribution in [0.5, 0.6) is 5.75 Å². The number of amides is 4. The zero-order valence-corrected chi connectivity index (χ0v) is 28.6. The van der Waals surface area contributed by atoms with E-state index in [9.17, 15) is 19.5 Å². The van der Waals surface area contributed by atoms with Crippen molar-refractivity contribution in [2.45, 2.75) is 44.9 Å². The van der Waals surface area contributed by atoms with Crippen molar-refractivity contribution in [1.82, 2.24) is 5.01 Å². The number of rotatable bonds is 5. The van der Waals surface area contributed by atoms with Gasteiger partial charge in [0.05, 0.1) is 34.5 Å². The summed E-state index contributed by atoms with van der Waals surface area (Å²) in [6.45, 7) is 5.60. The maximum Gasteiger partial charge on any atom is 0.260 e. The quantitative estimate of drug-likeness (QED) is 0.171. The Labute approximate surface area is 295 Å². The second kappa shape index (κ2) is 11.7. The van der Waals surface area contributed by atoms with E-state index in [-0.39, 0.29) is 35.8 Å². The predicted molar refractivity (Wildman–Crippen MR) is 190 cm³/mol. The first-order valence-corrected chi connectivity index (χ1v) is 17.3. The molecule has 8 rings (SSSR count). The van der Waals surface area contributed by atoms with E-state index in [0.29, 0.717) is 39.5 Å². The second-order valence-electron chi connectivity index (χ2n) is 14.1. The number of allylic oxidation sites excluding steroid dienone is 2. The van der Waals surface area contributed by atoms with Crippen molar-refractivity contribution in [3.8, 4) is 5.75 Å². The van der Waals surface area contributed by atoms with E-state index in [0.717, 1.165) is 21.7 Å². The number of hydrazine groups is 1. The number of anilines is 2. The van der Waals surface area contributed by atoms with Crippen molar-refractivity contribution in [2.75, 3.05) is 10.3 Å². The number of benzene rings is 4. The first-order chi connectivity index (χ1) is 24.0. The minimum absolute atomic E-state index is 0.163. The Bertz CT molecular complexity index is 2090. The first kappa shape index (κ1) is 32.0. The summed E-state index contributed by atoms with van der Waals surface area (Å²) in [5, 5.41) is 12.5. The number of nitrogens with one attached hydrogen (secondary N) is 1. The Morgan fingerprint density at radius 3 is 2.12 bits per heavy atom. The molecule has 9 heteroatoms. The fourth-order valence-electron chi connectivity index (χ4n) is 9.12. The molecule has 4 aliphatic rings. The number of phenols is 1. The Hall–Kier alpha value is -5.21. The smallest absolute Gasteiger partial charge is 0.260 e. The SMILES string of the molecule is Cc1ccc(NN2C(=O)C3CC4C(=CCC5C(=O)N(c6ccc(Cl)cc6)C(=O)C54)C(c4cc(C)c(O)c(C)c4)C3(c3ccccc3)C2=O)cc1. The predicted octanol–water partition coefficient (Wildman–Crippen LogP) is 7.16. The summed E-state index contributed by atoms with van der Waals surface area (Å²) in [4.78, 5) is 59.8. The number of hydrogen-bond acceptors (Lipinski definition) is 6. The van der Waals surface area contributed by atoms with Gasteiger partial charge in [0.25, 0.3) is 11.8 Å². The summed E-state index contributed by atoms with van der Waals surface area (Å²) in [6, 6.07) is 27.3. The molecule has 0 bridgehead atoms. The third kappa shape index (κ3) is 4.58. The minimum atomic E-state index is -1.37. The lowest BCUT2D eigenvalue weighted by Gasteiger charge is -2.50. The summed E-state index contributed by atoms with van der Waals surface area (Å²) in [7, 11) is 0. The van der Waals surface area contributed by atoms with Crippen LogP contribution in [0.3, 0.4) is 0 Å². The van der Waals surface area contributed by atoms with Gasteiger partial charge in [0, 0.05) is 10.9 Å². The summed E-state index contributed by atoms with van der Waals surface area (Å²) >= 11 is 6.14. The molecule has 1 saturated carbocycles. The van der Waals surface area contributed by atoms with Crippen molar-refractivity contribution in [3.05, 3.63) is 135 Å². The van der Waals surface area contributed by atoms with Crippen LogP contribution < -0.4 is 10.3 Å². The zero-order chi connectivity index (χ0) is 35.1. The van der Waals surface area contributed by atoms with Gasteiger partial charge in [-0.25, -0.2) is 0 Å². The molecule has 0 aromatic heterocycles. The summed E-state index contributed by atoms with van der Waals surface area (Å²) in [5.74, 6) is -4.52. The number of carbonyl (C=O) groups excluding carboxylic acids is 4. The first-order valence-electron chi connectivity index (χ1n) is 16.9. The van der Waals surface area contributed by atoms with Crippen molar-refractivity contribution in [3.63, 3.8) is 0 Å². The van der Waals surface area contributed by atoms with E-state index in [4.69, 9.17) is 11.6 Å². The van der Waals surface area contributed by atoms with E-state index in [2.05, 4.69) is 5.43 Å². The van der Waals surface area contributed by atoms with Gasteiger partial charge in [-0.05, 0) is 98.2 Å². The highest BCUT2D eigenvalue weighted by Gasteiger charge is 2.70. The van der Waals surface area contributed by atoms with Gasteiger partial charge in [-0.1, -0.05) is 83.4 Å². The van der Waals surface area contributed by atoms with Crippen molar-refractivity contribution < 1.29 is 24.3 Å². The van der Waals surface area contributed by atoms with Crippen LogP contribution in [0.1, 0.15) is 46.6 Å². The molecule has 50 heavy (non-hydrogen) atoms. The average molecular weight is 686 g/mol. The van der Waals surface area contributed by atoms with Crippen molar-refractivity contribution in [2.24, 2.45) is 23.7 Å². The largest absolute Gasteiger partial charge is 0.507 e. The van der Waals surface area contributed by atoms with Crippen LogP contribution in [-0.2, 0) is 24.6 Å². The molecule has 2 aliphatic carbocycles. The molecule has 6 atom stereocenters. The highest BCUT2D eigenvalue weighted by molar-refractivity contribution is 6.31. The molecule has 0 spiro atoms.